The summed E-state index contributed by atoms with van der Waals surface area (Å²) in [5, 5.41) is 3.12. The van der Waals surface area contributed by atoms with E-state index in [9.17, 15) is 0 Å². The van der Waals surface area contributed by atoms with Gasteiger partial charge in [0.25, 0.3) is 0 Å². The van der Waals surface area contributed by atoms with E-state index < -0.39 is 0 Å². The summed E-state index contributed by atoms with van der Waals surface area (Å²) < 4.78 is 6.21. The first-order valence-electron chi connectivity index (χ1n) is 11.5. The molecule has 0 aliphatic heterocycles. The summed E-state index contributed by atoms with van der Waals surface area (Å²) in [5.74, 6) is 1.33. The van der Waals surface area contributed by atoms with Gasteiger partial charge in [-0.2, -0.15) is 0 Å². The fourth-order valence-corrected chi connectivity index (χ4v) is 4.58. The second kappa shape index (κ2) is 7.89. The van der Waals surface area contributed by atoms with Gasteiger partial charge in [0, 0.05) is 27.5 Å². The van der Waals surface area contributed by atoms with Gasteiger partial charge in [-0.25, -0.2) is 15.0 Å². The number of para-hydroxylation sites is 1. The third-order valence-electron chi connectivity index (χ3n) is 6.30. The molecule has 4 heteroatoms. The molecule has 0 N–H and O–H groups in total. The summed E-state index contributed by atoms with van der Waals surface area (Å²) in [6.07, 6.45) is 0. The van der Waals surface area contributed by atoms with E-state index in [-0.39, 0.29) is 0 Å². The smallest absolute Gasteiger partial charge is 0.227 e. The molecule has 2 heterocycles. The van der Waals surface area contributed by atoms with Crippen molar-refractivity contribution in [3.05, 3.63) is 115 Å². The minimum absolute atomic E-state index is 0.627. The van der Waals surface area contributed by atoms with Gasteiger partial charge in [0.1, 0.15) is 5.52 Å². The van der Waals surface area contributed by atoms with E-state index in [0.717, 1.165) is 55.2 Å². The molecule has 0 unspecified atom stereocenters. The average molecular weight is 450 g/mol. The summed E-state index contributed by atoms with van der Waals surface area (Å²) in [6.45, 7) is 0. The van der Waals surface area contributed by atoms with Gasteiger partial charge < -0.3 is 4.42 Å². The van der Waals surface area contributed by atoms with E-state index >= 15 is 0 Å². The van der Waals surface area contributed by atoms with E-state index in [0.29, 0.717) is 11.7 Å². The molecule has 0 radical (unpaired) electrons. The molecule has 0 spiro atoms. The van der Waals surface area contributed by atoms with Gasteiger partial charge in [0.15, 0.2) is 11.4 Å². The van der Waals surface area contributed by atoms with Crippen molar-refractivity contribution >= 4 is 32.8 Å². The lowest BCUT2D eigenvalue weighted by molar-refractivity contribution is 0.623. The molecule has 0 aliphatic carbocycles. The van der Waals surface area contributed by atoms with Crippen molar-refractivity contribution in [2.24, 2.45) is 0 Å². The minimum atomic E-state index is 0.627. The number of hydrogen-bond donors (Lipinski definition) is 0. The van der Waals surface area contributed by atoms with Crippen LogP contribution >= 0.6 is 0 Å². The van der Waals surface area contributed by atoms with Gasteiger partial charge in [-0.15, -0.1) is 0 Å². The van der Waals surface area contributed by atoms with Crippen molar-refractivity contribution in [3.63, 3.8) is 0 Å². The third kappa shape index (κ3) is 3.35. The van der Waals surface area contributed by atoms with Gasteiger partial charge in [0.2, 0.25) is 5.89 Å². The molecule has 0 fully saturated rings. The molecule has 0 atom stereocenters. The Bertz CT molecular complexity index is 1840. The number of aromatic nitrogens is 3. The molecule has 0 amide bonds. The van der Waals surface area contributed by atoms with Crippen LogP contribution in [0.4, 0.5) is 0 Å². The molecule has 7 aromatic rings. The Morgan fingerprint density at radius 2 is 1.23 bits per heavy atom. The summed E-state index contributed by atoms with van der Waals surface area (Å²) in [7, 11) is 0. The molecule has 0 aliphatic rings. The van der Waals surface area contributed by atoms with Gasteiger partial charge >= 0.3 is 0 Å². The van der Waals surface area contributed by atoms with Gasteiger partial charge in [0.05, 0.1) is 11.2 Å². The SMILES string of the molecule is c1ccc(-c2nc3ccc4cc(-c5nc(-c6ccccc6)c6ccccc6n5)ccc4c3o2)cc1. The van der Waals surface area contributed by atoms with Crippen molar-refractivity contribution in [2.45, 2.75) is 0 Å². The summed E-state index contributed by atoms with van der Waals surface area (Å²) in [6, 6.07) is 38.7. The first-order valence-corrected chi connectivity index (χ1v) is 11.5. The number of rotatable bonds is 3. The van der Waals surface area contributed by atoms with Crippen LogP contribution in [0.3, 0.4) is 0 Å². The number of benzene rings is 5. The van der Waals surface area contributed by atoms with Gasteiger partial charge in [-0.1, -0.05) is 78.9 Å². The summed E-state index contributed by atoms with van der Waals surface area (Å²) in [5.41, 5.74) is 6.49. The van der Waals surface area contributed by atoms with Crippen LogP contribution < -0.4 is 0 Å². The maximum absolute atomic E-state index is 6.21. The largest absolute Gasteiger partial charge is 0.435 e. The molecule has 4 nitrogen and oxygen atoms in total. The molecule has 35 heavy (non-hydrogen) atoms. The second-order valence-corrected chi connectivity index (χ2v) is 8.51. The minimum Gasteiger partial charge on any atom is -0.435 e. The highest BCUT2D eigenvalue weighted by Gasteiger charge is 2.14. The Labute approximate surface area is 201 Å². The summed E-state index contributed by atoms with van der Waals surface area (Å²) >= 11 is 0. The molecular formula is C31H19N3O. The van der Waals surface area contributed by atoms with Crippen molar-refractivity contribution in [1.29, 1.82) is 0 Å². The second-order valence-electron chi connectivity index (χ2n) is 8.51. The zero-order valence-corrected chi connectivity index (χ0v) is 18.7. The monoisotopic (exact) mass is 449 g/mol. The zero-order valence-electron chi connectivity index (χ0n) is 18.7. The third-order valence-corrected chi connectivity index (χ3v) is 6.30. The maximum Gasteiger partial charge on any atom is 0.227 e. The normalized spacial score (nSPS) is 11.4. The lowest BCUT2D eigenvalue weighted by Crippen LogP contribution is -1.95. The summed E-state index contributed by atoms with van der Waals surface area (Å²) in [4.78, 5) is 14.6. The molecule has 5 aromatic carbocycles. The van der Waals surface area contributed by atoms with Crippen molar-refractivity contribution in [1.82, 2.24) is 15.0 Å². The topological polar surface area (TPSA) is 51.8 Å². The van der Waals surface area contributed by atoms with Crippen LogP contribution in [0.2, 0.25) is 0 Å². The Morgan fingerprint density at radius 1 is 0.486 bits per heavy atom. The molecular weight excluding hydrogens is 430 g/mol. The number of nitrogens with zero attached hydrogens (tertiary/aromatic N) is 3. The molecule has 0 saturated carbocycles. The molecule has 7 rings (SSSR count). The quantitative estimate of drug-likeness (QED) is 0.275. The first kappa shape index (κ1) is 19.6. The molecule has 0 bridgehead atoms. The lowest BCUT2D eigenvalue weighted by Gasteiger charge is -2.10. The van der Waals surface area contributed by atoms with Crippen LogP contribution in [0.1, 0.15) is 0 Å². The molecule has 0 saturated heterocycles. The van der Waals surface area contributed by atoms with Crippen LogP contribution in [0.5, 0.6) is 0 Å². The van der Waals surface area contributed by atoms with Gasteiger partial charge in [-0.3, -0.25) is 0 Å². The Kier molecular flexibility index (Phi) is 4.42. The lowest BCUT2D eigenvalue weighted by atomic mass is 10.0. The zero-order chi connectivity index (χ0) is 23.2. The number of oxazole rings is 1. The Morgan fingerprint density at radius 3 is 2.06 bits per heavy atom. The maximum atomic E-state index is 6.21. The highest BCUT2D eigenvalue weighted by molar-refractivity contribution is 6.05. The molecule has 2 aromatic heterocycles. The van der Waals surface area contributed by atoms with Crippen molar-refractivity contribution in [3.8, 4) is 34.1 Å². The predicted molar refractivity (Wildman–Crippen MR) is 141 cm³/mol. The Balaban J connectivity index is 1.39. The molecule has 164 valence electrons. The van der Waals surface area contributed by atoms with E-state index in [1.54, 1.807) is 0 Å². The van der Waals surface area contributed by atoms with Crippen molar-refractivity contribution in [2.75, 3.05) is 0 Å². The first-order chi connectivity index (χ1) is 17.3. The van der Waals surface area contributed by atoms with E-state index in [1.165, 1.54) is 0 Å². The van der Waals surface area contributed by atoms with Crippen LogP contribution in [0, 0.1) is 0 Å². The van der Waals surface area contributed by atoms with E-state index in [1.807, 2.05) is 72.8 Å². The van der Waals surface area contributed by atoms with Gasteiger partial charge in [-0.05, 0) is 41.8 Å². The standard InChI is InChI=1S/C31H19N3O/c1-3-9-20(10-4-1)28-25-13-7-8-14-26(25)32-30(34-28)23-15-17-24-22(19-23)16-18-27-29(24)35-31(33-27)21-11-5-2-6-12-21/h1-19H. The van der Waals surface area contributed by atoms with E-state index in [4.69, 9.17) is 19.4 Å². The van der Waals surface area contributed by atoms with Crippen LogP contribution in [0.15, 0.2) is 120 Å². The number of fused-ring (bicyclic) bond motifs is 4. The highest BCUT2D eigenvalue weighted by atomic mass is 16.3. The van der Waals surface area contributed by atoms with Crippen LogP contribution in [-0.2, 0) is 0 Å². The Hall–Kier alpha value is -4.83. The fraction of sp³-hybridized carbons (Fsp3) is 0. The fourth-order valence-electron chi connectivity index (χ4n) is 4.58. The average Bonchev–Trinajstić information content (AvgIpc) is 3.38. The van der Waals surface area contributed by atoms with Crippen molar-refractivity contribution < 1.29 is 4.42 Å². The van der Waals surface area contributed by atoms with E-state index in [2.05, 4.69) is 42.5 Å². The number of hydrogen-bond acceptors (Lipinski definition) is 4. The highest BCUT2D eigenvalue weighted by Crippen LogP contribution is 2.33. The van der Waals surface area contributed by atoms with Crippen LogP contribution in [0.25, 0.3) is 66.9 Å². The predicted octanol–water partition coefficient (Wildman–Crippen LogP) is 7.93. The van der Waals surface area contributed by atoms with Crippen LogP contribution in [-0.4, -0.2) is 15.0 Å².